The highest BCUT2D eigenvalue weighted by atomic mass is 16.9. The molecule has 1 heterocycles. The van der Waals surface area contributed by atoms with Gasteiger partial charge in [-0.3, -0.25) is 11.5 Å². The van der Waals surface area contributed by atoms with Gasteiger partial charge >= 0.3 is 5.96 Å². The second kappa shape index (κ2) is 4.53. The standard InChI is InChI=1S/C8H16N4O.NO3/c1-5-7(2,3)8(4,13)12(11-5)6(9)10;2-1(3)4/h13H,1-4H3,(H3,9,10);/q;-1/p+1. The highest BCUT2D eigenvalue weighted by Gasteiger charge is 2.53. The van der Waals surface area contributed by atoms with Crippen molar-refractivity contribution in [3.05, 3.63) is 15.3 Å². The fraction of sp³-hybridized carbons (Fsp3) is 0.750. The molecule has 0 aliphatic carbocycles. The van der Waals surface area contributed by atoms with E-state index in [-0.39, 0.29) is 5.96 Å². The molecule has 98 valence electrons. The van der Waals surface area contributed by atoms with E-state index in [4.69, 9.17) is 26.8 Å². The van der Waals surface area contributed by atoms with Crippen LogP contribution < -0.4 is 11.5 Å². The Kier molecular flexibility index (Phi) is 4.03. The summed E-state index contributed by atoms with van der Waals surface area (Å²) in [6, 6.07) is 0. The van der Waals surface area contributed by atoms with Gasteiger partial charge in [0.2, 0.25) is 5.72 Å². The maximum atomic E-state index is 10.2. The number of guanidine groups is 1. The first-order valence-corrected chi connectivity index (χ1v) is 4.72. The first kappa shape index (κ1) is 15.1. The quantitative estimate of drug-likeness (QED) is 0.219. The van der Waals surface area contributed by atoms with E-state index >= 15 is 0 Å². The first-order chi connectivity index (χ1) is 7.44. The smallest absolute Gasteiger partial charge is 0.357 e. The van der Waals surface area contributed by atoms with Crippen LogP contribution in [0.2, 0.25) is 0 Å². The Balaban J connectivity index is 0.000000557. The molecule has 1 rings (SSSR count). The molecule has 1 aliphatic heterocycles. The Morgan fingerprint density at radius 1 is 1.41 bits per heavy atom. The molecule has 0 radical (unpaired) electrons. The van der Waals surface area contributed by atoms with E-state index in [0.29, 0.717) is 0 Å². The molecule has 0 amide bonds. The van der Waals surface area contributed by atoms with Crippen LogP contribution in [0.5, 0.6) is 0 Å². The van der Waals surface area contributed by atoms with Gasteiger partial charge in [-0.25, -0.2) is 0 Å². The molecule has 17 heavy (non-hydrogen) atoms. The van der Waals surface area contributed by atoms with Gasteiger partial charge in [0.05, 0.1) is 16.2 Å². The number of hydrogen-bond donors (Lipinski definition) is 3. The normalized spacial score (nSPS) is 25.7. The van der Waals surface area contributed by atoms with Crippen LogP contribution in [0.25, 0.3) is 0 Å². The number of aliphatic hydroxyl groups is 1. The maximum Gasteiger partial charge on any atom is 0.367 e. The van der Waals surface area contributed by atoms with Crippen molar-refractivity contribution in [2.45, 2.75) is 33.4 Å². The van der Waals surface area contributed by atoms with Gasteiger partial charge < -0.3 is 20.4 Å². The fourth-order valence-electron chi connectivity index (χ4n) is 1.29. The average molecular weight is 247 g/mol. The van der Waals surface area contributed by atoms with Crippen LogP contribution in [0.4, 0.5) is 0 Å². The molecule has 1 aliphatic rings. The lowest BCUT2D eigenvalue weighted by molar-refractivity contribution is -0.662. The van der Waals surface area contributed by atoms with Crippen molar-refractivity contribution in [3.63, 3.8) is 0 Å². The largest absolute Gasteiger partial charge is 0.367 e. The minimum absolute atomic E-state index is 0.00919. The van der Waals surface area contributed by atoms with E-state index in [1.807, 2.05) is 20.8 Å². The summed E-state index contributed by atoms with van der Waals surface area (Å²) in [4.78, 5) is 8.25. The molecule has 0 saturated heterocycles. The van der Waals surface area contributed by atoms with Crippen LogP contribution in [0.15, 0.2) is 5.10 Å². The first-order valence-electron chi connectivity index (χ1n) is 4.72. The summed E-state index contributed by atoms with van der Waals surface area (Å²) < 4.78 is 1.25. The van der Waals surface area contributed by atoms with Gasteiger partial charge in [-0.05, 0) is 20.8 Å². The SMILES string of the molecule is CC1=N[N+](=C(N)N)C(C)(O)C1(C)C.O=[N+]([O-])[O-]. The van der Waals surface area contributed by atoms with E-state index in [1.54, 1.807) is 6.92 Å². The molecule has 9 nitrogen and oxygen atoms in total. The van der Waals surface area contributed by atoms with Crippen molar-refractivity contribution in [2.24, 2.45) is 22.0 Å². The molecule has 0 spiro atoms. The van der Waals surface area contributed by atoms with Crippen molar-refractivity contribution in [3.8, 4) is 0 Å². The summed E-state index contributed by atoms with van der Waals surface area (Å²) in [6.45, 7) is 7.29. The predicted octanol–water partition coefficient (Wildman–Crippen LogP) is -0.843. The zero-order valence-electron chi connectivity index (χ0n) is 10.2. The molecule has 0 aromatic rings. The van der Waals surface area contributed by atoms with Crippen molar-refractivity contribution < 1.29 is 14.9 Å². The highest BCUT2D eigenvalue weighted by molar-refractivity contribution is 5.89. The van der Waals surface area contributed by atoms with Gasteiger partial charge in [-0.15, -0.1) is 9.79 Å². The Hall–Kier alpha value is -1.90. The third-order valence-corrected chi connectivity index (χ3v) is 3.00. The molecule has 0 aromatic carbocycles. The Bertz CT molecular complexity index is 377. The summed E-state index contributed by atoms with van der Waals surface area (Å²) >= 11 is 0. The molecule has 0 fully saturated rings. The van der Waals surface area contributed by atoms with Crippen LogP contribution >= 0.6 is 0 Å². The predicted molar refractivity (Wildman–Crippen MR) is 61.5 cm³/mol. The zero-order valence-corrected chi connectivity index (χ0v) is 10.2. The molecule has 5 N–H and O–H groups in total. The maximum absolute atomic E-state index is 10.2. The van der Waals surface area contributed by atoms with Crippen LogP contribution in [0.3, 0.4) is 0 Å². The van der Waals surface area contributed by atoms with E-state index in [9.17, 15) is 5.11 Å². The third-order valence-electron chi connectivity index (χ3n) is 3.00. The van der Waals surface area contributed by atoms with Gasteiger partial charge in [0.15, 0.2) is 0 Å². The van der Waals surface area contributed by atoms with Crippen molar-refractivity contribution >= 4 is 11.7 Å². The summed E-state index contributed by atoms with van der Waals surface area (Å²) in [5, 5.41) is 29.0. The third kappa shape index (κ3) is 2.81. The van der Waals surface area contributed by atoms with Crippen molar-refractivity contribution in [1.29, 1.82) is 0 Å². The van der Waals surface area contributed by atoms with E-state index < -0.39 is 16.2 Å². The Morgan fingerprint density at radius 3 is 1.88 bits per heavy atom. The summed E-state index contributed by atoms with van der Waals surface area (Å²) in [5.41, 5.74) is 10.0. The van der Waals surface area contributed by atoms with Crippen LogP contribution in [0, 0.1) is 20.7 Å². The molecule has 1 atom stereocenters. The lowest BCUT2D eigenvalue weighted by atomic mass is 9.79. The molecule has 0 aromatic heterocycles. The van der Waals surface area contributed by atoms with Gasteiger partial charge in [0.25, 0.3) is 0 Å². The molecule has 0 saturated carbocycles. The number of rotatable bonds is 0. The van der Waals surface area contributed by atoms with Crippen molar-refractivity contribution in [1.82, 2.24) is 0 Å². The summed E-state index contributed by atoms with van der Waals surface area (Å²) in [6.07, 6.45) is 0. The summed E-state index contributed by atoms with van der Waals surface area (Å²) in [5.74, 6) is 0.00919. The monoisotopic (exact) mass is 247 g/mol. The Morgan fingerprint density at radius 2 is 1.76 bits per heavy atom. The highest BCUT2D eigenvalue weighted by Crippen LogP contribution is 2.38. The minimum Gasteiger partial charge on any atom is -0.357 e. The van der Waals surface area contributed by atoms with Gasteiger partial charge in [-0.2, -0.15) is 0 Å². The summed E-state index contributed by atoms with van der Waals surface area (Å²) in [7, 11) is 0. The van der Waals surface area contributed by atoms with E-state index in [1.165, 1.54) is 4.68 Å². The van der Waals surface area contributed by atoms with Crippen LogP contribution in [-0.2, 0) is 0 Å². The molecule has 1 unspecified atom stereocenters. The molecule has 9 heteroatoms. The van der Waals surface area contributed by atoms with E-state index in [0.717, 1.165) is 5.71 Å². The van der Waals surface area contributed by atoms with Gasteiger partial charge in [0.1, 0.15) is 0 Å². The minimum atomic E-state index is -1.75. The number of nitrogens with two attached hydrogens (primary N) is 2. The second-order valence-corrected chi connectivity index (χ2v) is 4.29. The van der Waals surface area contributed by atoms with Gasteiger partial charge in [-0.1, -0.05) is 0 Å². The van der Waals surface area contributed by atoms with Crippen LogP contribution in [0.1, 0.15) is 27.7 Å². The number of hydrogen-bond acceptors (Lipinski definition) is 5. The Labute approximate surface area is 98.1 Å². The van der Waals surface area contributed by atoms with Crippen LogP contribution in [-0.4, -0.2) is 32.3 Å². The number of nitrogens with zero attached hydrogens (tertiary/aromatic N) is 3. The zero-order chi connectivity index (χ0) is 14.0. The molecule has 0 bridgehead atoms. The lowest BCUT2D eigenvalue weighted by Gasteiger charge is -2.30. The lowest BCUT2D eigenvalue weighted by Crippen LogP contribution is -2.51. The average Bonchev–Trinajstić information content (AvgIpc) is 2.25. The fourth-order valence-corrected chi connectivity index (χ4v) is 1.29. The molecular formula is C8H17N5O4. The van der Waals surface area contributed by atoms with Crippen molar-refractivity contribution in [2.75, 3.05) is 0 Å². The topological polar surface area (TPSA) is 154 Å². The van der Waals surface area contributed by atoms with E-state index in [2.05, 4.69) is 5.10 Å². The van der Waals surface area contributed by atoms with Gasteiger partial charge in [0, 0.05) is 6.92 Å². The second-order valence-electron chi connectivity index (χ2n) is 4.29. The molecular weight excluding hydrogens is 230 g/mol. The number of hydrazone groups is 1.